The van der Waals surface area contributed by atoms with Crippen LogP contribution in [-0.4, -0.2) is 23.0 Å². The van der Waals surface area contributed by atoms with Crippen molar-refractivity contribution in [2.75, 3.05) is 7.05 Å². The molecular formula is C13H21NO4. The van der Waals surface area contributed by atoms with Crippen LogP contribution in [0.1, 0.15) is 33.3 Å². The van der Waals surface area contributed by atoms with Gasteiger partial charge in [-0.25, -0.2) is 0 Å². The molecule has 0 bridgehead atoms. The van der Waals surface area contributed by atoms with Gasteiger partial charge in [0.2, 0.25) is 0 Å². The number of hydrogen-bond acceptors (Lipinski definition) is 3. The zero-order chi connectivity index (χ0) is 14.8. The fraction of sp³-hybridized carbons (Fsp3) is 0.462. The molecule has 1 aromatic carbocycles. The lowest BCUT2D eigenvalue weighted by atomic mass is 9.85. The summed E-state index contributed by atoms with van der Waals surface area (Å²) in [7, 11) is 0.889. The minimum Gasteiger partial charge on any atom is -0.481 e. The van der Waals surface area contributed by atoms with Crippen molar-refractivity contribution in [3.05, 3.63) is 46.0 Å². The van der Waals surface area contributed by atoms with Crippen LogP contribution < -0.4 is 0 Å². The third-order valence-electron chi connectivity index (χ3n) is 2.03. The van der Waals surface area contributed by atoms with Crippen LogP contribution in [0.15, 0.2) is 30.3 Å². The Kier molecular flexibility index (Phi) is 9.39. The Labute approximate surface area is 108 Å². The lowest BCUT2D eigenvalue weighted by Gasteiger charge is -2.18. The first-order valence-corrected chi connectivity index (χ1v) is 5.65. The van der Waals surface area contributed by atoms with Crippen molar-refractivity contribution in [1.82, 2.24) is 0 Å². The van der Waals surface area contributed by atoms with Crippen molar-refractivity contribution in [3.63, 3.8) is 0 Å². The van der Waals surface area contributed by atoms with E-state index in [0.29, 0.717) is 0 Å². The summed E-state index contributed by atoms with van der Waals surface area (Å²) in [6.07, 6.45) is 0. The van der Waals surface area contributed by atoms with Gasteiger partial charge in [0.05, 0.1) is 5.41 Å². The Morgan fingerprint density at radius 1 is 1.22 bits per heavy atom. The van der Waals surface area contributed by atoms with E-state index in [2.05, 4.69) is 0 Å². The second-order valence-electron chi connectivity index (χ2n) is 3.74. The highest BCUT2D eigenvalue weighted by molar-refractivity contribution is 5.80. The number of nitro groups is 1. The van der Waals surface area contributed by atoms with Crippen molar-refractivity contribution >= 4 is 5.97 Å². The number of carbonyl (C=O) groups is 1. The van der Waals surface area contributed by atoms with Gasteiger partial charge in [0.1, 0.15) is 0 Å². The molecule has 5 nitrogen and oxygen atoms in total. The predicted molar refractivity (Wildman–Crippen MR) is 71.4 cm³/mol. The minimum absolute atomic E-state index is 0.500. The van der Waals surface area contributed by atoms with Gasteiger partial charge in [0, 0.05) is 4.92 Å². The Morgan fingerprint density at radius 3 is 1.83 bits per heavy atom. The molecule has 102 valence electrons. The molecule has 0 aliphatic rings. The van der Waals surface area contributed by atoms with E-state index < -0.39 is 16.3 Å². The van der Waals surface area contributed by atoms with Gasteiger partial charge in [-0.05, 0) is 19.4 Å². The van der Waals surface area contributed by atoms with Crippen LogP contribution in [0.3, 0.4) is 0 Å². The molecule has 0 saturated carbocycles. The Balaban J connectivity index is 0. The van der Waals surface area contributed by atoms with Crippen LogP contribution in [0, 0.1) is 10.1 Å². The molecule has 1 N–H and O–H groups in total. The van der Waals surface area contributed by atoms with Crippen LogP contribution in [0.2, 0.25) is 0 Å². The Bertz CT molecular complexity index is 357. The van der Waals surface area contributed by atoms with E-state index in [-0.39, 0.29) is 0 Å². The maximum Gasteiger partial charge on any atom is 0.313 e. The molecule has 0 fully saturated rings. The largest absolute Gasteiger partial charge is 0.481 e. The molecule has 18 heavy (non-hydrogen) atoms. The van der Waals surface area contributed by atoms with E-state index in [4.69, 9.17) is 15.2 Å². The predicted octanol–water partition coefficient (Wildman–Crippen LogP) is 2.97. The van der Waals surface area contributed by atoms with Crippen LogP contribution in [0.4, 0.5) is 0 Å². The van der Waals surface area contributed by atoms with Gasteiger partial charge in [0.15, 0.2) is 7.05 Å². The fourth-order valence-corrected chi connectivity index (χ4v) is 0.978. The fourth-order valence-electron chi connectivity index (χ4n) is 0.978. The highest BCUT2D eigenvalue weighted by Crippen LogP contribution is 2.22. The minimum atomic E-state index is -0.797. The summed E-state index contributed by atoms with van der Waals surface area (Å²) >= 11 is 0. The van der Waals surface area contributed by atoms with Gasteiger partial charge >= 0.3 is 5.97 Å². The van der Waals surface area contributed by atoms with Crippen molar-refractivity contribution in [1.29, 1.82) is 0 Å². The summed E-state index contributed by atoms with van der Waals surface area (Å²) in [5.74, 6) is -0.797. The number of hydrogen-bond donors (Lipinski definition) is 1. The molecule has 0 aromatic heterocycles. The van der Waals surface area contributed by atoms with Crippen LogP contribution >= 0.6 is 0 Å². The van der Waals surface area contributed by atoms with Crippen LogP contribution in [0.25, 0.3) is 0 Å². The number of nitrogens with zero attached hydrogens (tertiary/aromatic N) is 1. The van der Waals surface area contributed by atoms with E-state index in [1.54, 1.807) is 13.8 Å². The summed E-state index contributed by atoms with van der Waals surface area (Å²) in [6, 6.07) is 9.23. The summed E-state index contributed by atoms with van der Waals surface area (Å²) in [5, 5.41) is 17.7. The number of aliphatic carboxylic acids is 1. The van der Waals surface area contributed by atoms with Gasteiger partial charge < -0.3 is 5.11 Å². The van der Waals surface area contributed by atoms with E-state index in [9.17, 15) is 4.79 Å². The third kappa shape index (κ3) is 7.38. The molecule has 0 atom stereocenters. The summed E-state index contributed by atoms with van der Waals surface area (Å²) in [5.41, 5.74) is 0.0406. The highest BCUT2D eigenvalue weighted by atomic mass is 16.6. The monoisotopic (exact) mass is 255 g/mol. The zero-order valence-electron chi connectivity index (χ0n) is 11.5. The quantitative estimate of drug-likeness (QED) is 0.650. The molecule has 1 rings (SSSR count). The maximum absolute atomic E-state index is 10.8. The first-order chi connectivity index (χ1) is 8.28. The van der Waals surface area contributed by atoms with Crippen molar-refractivity contribution in [3.8, 4) is 0 Å². The molecule has 0 aliphatic carbocycles. The SMILES string of the molecule is CC.CC(C)(C(=O)O)c1ccccc1.C[N+](=O)[O-]. The van der Waals surface area contributed by atoms with E-state index in [1.807, 2.05) is 44.2 Å². The van der Waals surface area contributed by atoms with Gasteiger partial charge in [0.25, 0.3) is 0 Å². The van der Waals surface area contributed by atoms with E-state index in [0.717, 1.165) is 12.6 Å². The van der Waals surface area contributed by atoms with Gasteiger partial charge in [-0.15, -0.1) is 0 Å². The molecule has 0 aliphatic heterocycles. The number of carboxylic acids is 1. The zero-order valence-corrected chi connectivity index (χ0v) is 11.5. The summed E-state index contributed by atoms with van der Waals surface area (Å²) in [6.45, 7) is 7.40. The molecule has 5 heteroatoms. The molecule has 0 saturated heterocycles. The summed E-state index contributed by atoms with van der Waals surface area (Å²) in [4.78, 5) is 19.1. The molecule has 0 amide bonds. The third-order valence-corrected chi connectivity index (χ3v) is 2.03. The number of carboxylic acid groups (broad SMARTS) is 1. The molecule has 0 unspecified atom stereocenters. The Morgan fingerprint density at radius 2 is 1.56 bits per heavy atom. The van der Waals surface area contributed by atoms with E-state index >= 15 is 0 Å². The van der Waals surface area contributed by atoms with Crippen molar-refractivity contribution in [2.45, 2.75) is 33.1 Å². The Hall–Kier alpha value is -1.91. The smallest absolute Gasteiger partial charge is 0.313 e. The average molecular weight is 255 g/mol. The standard InChI is InChI=1S/C10H12O2.C2H6.CH3NO2/c1-10(2,9(11)12)8-6-4-3-5-7-8;1-2;1-2(3)4/h3-7H,1-2H3,(H,11,12);1-2H3;1H3. The summed E-state index contributed by atoms with van der Waals surface area (Å²) < 4.78 is 0. The number of rotatable bonds is 2. The second-order valence-corrected chi connectivity index (χ2v) is 3.74. The first-order valence-electron chi connectivity index (χ1n) is 5.65. The lowest BCUT2D eigenvalue weighted by Crippen LogP contribution is -2.28. The van der Waals surface area contributed by atoms with Crippen LogP contribution in [-0.2, 0) is 10.2 Å². The average Bonchev–Trinajstić information content (AvgIpc) is 2.32. The maximum atomic E-state index is 10.8. The van der Waals surface area contributed by atoms with Crippen molar-refractivity contribution < 1.29 is 14.8 Å². The normalized spacial score (nSPS) is 9.17. The molecule has 0 spiro atoms. The highest BCUT2D eigenvalue weighted by Gasteiger charge is 2.28. The van der Waals surface area contributed by atoms with Crippen LogP contribution in [0.5, 0.6) is 0 Å². The first kappa shape index (κ1) is 18.5. The van der Waals surface area contributed by atoms with Crippen molar-refractivity contribution in [2.24, 2.45) is 0 Å². The van der Waals surface area contributed by atoms with E-state index in [1.165, 1.54) is 0 Å². The lowest BCUT2D eigenvalue weighted by molar-refractivity contribution is -0.445. The topological polar surface area (TPSA) is 80.4 Å². The number of benzene rings is 1. The second kappa shape index (κ2) is 9.15. The van der Waals surface area contributed by atoms with Gasteiger partial charge in [-0.1, -0.05) is 44.2 Å². The molecular weight excluding hydrogens is 234 g/mol. The molecule has 0 radical (unpaired) electrons. The molecule has 1 aromatic rings. The molecule has 0 heterocycles. The van der Waals surface area contributed by atoms with Gasteiger partial charge in [-0.2, -0.15) is 0 Å². The van der Waals surface area contributed by atoms with Gasteiger partial charge in [-0.3, -0.25) is 14.9 Å².